The van der Waals surface area contributed by atoms with Crippen LogP contribution in [0.4, 0.5) is 10.1 Å². The molecule has 3 unspecified atom stereocenters. The maximum absolute atomic E-state index is 13.9. The molecule has 0 radical (unpaired) electrons. The number of nitrogens with one attached hydrogen (secondary N) is 3. The molecule has 1 saturated heterocycles. The van der Waals surface area contributed by atoms with Gasteiger partial charge < -0.3 is 15.2 Å². The van der Waals surface area contributed by atoms with Gasteiger partial charge in [0.05, 0.1) is 0 Å². The standard InChI is InChI=1S/C13H16FN3O2S/c1-2-12-13(15)17-11(6-20(12)19)9-5-8(16-7-18)3-4-10(9)14/h3-5,7,11-12H,2,6H2,1H3,(H2,15,17)(H,16,18). The lowest BCUT2D eigenvalue weighted by Gasteiger charge is -2.33. The first kappa shape index (κ1) is 14.8. The van der Waals surface area contributed by atoms with E-state index in [-0.39, 0.29) is 16.8 Å². The number of anilines is 1. The van der Waals surface area contributed by atoms with Crippen molar-refractivity contribution in [2.75, 3.05) is 11.1 Å². The highest BCUT2D eigenvalue weighted by Crippen LogP contribution is 2.27. The maximum atomic E-state index is 13.9. The molecule has 20 heavy (non-hydrogen) atoms. The molecule has 0 spiro atoms. The minimum Gasteiger partial charge on any atom is -0.616 e. The molecule has 1 fully saturated rings. The number of amides is 1. The summed E-state index contributed by atoms with van der Waals surface area (Å²) in [6.45, 7) is 1.87. The summed E-state index contributed by atoms with van der Waals surface area (Å²) >= 11 is -1.20. The van der Waals surface area contributed by atoms with Gasteiger partial charge in [0.25, 0.3) is 0 Å². The summed E-state index contributed by atoms with van der Waals surface area (Å²) in [5, 5.41) is 12.9. The average molecular weight is 297 g/mol. The van der Waals surface area contributed by atoms with Crippen molar-refractivity contribution in [1.29, 1.82) is 5.41 Å². The first-order valence-corrected chi connectivity index (χ1v) is 7.66. The average Bonchev–Trinajstić information content (AvgIpc) is 2.41. The number of carbonyl (C=O) groups excluding carboxylic acids is 1. The lowest BCUT2D eigenvalue weighted by Crippen LogP contribution is -2.50. The second-order valence-corrected chi connectivity index (χ2v) is 6.22. The Morgan fingerprint density at radius 1 is 1.65 bits per heavy atom. The Balaban J connectivity index is 2.25. The van der Waals surface area contributed by atoms with Crippen LogP contribution >= 0.6 is 0 Å². The van der Waals surface area contributed by atoms with Gasteiger partial charge in [0.15, 0.2) is 5.25 Å². The zero-order valence-electron chi connectivity index (χ0n) is 11.0. The fourth-order valence-electron chi connectivity index (χ4n) is 2.26. The van der Waals surface area contributed by atoms with Crippen molar-refractivity contribution < 1.29 is 13.7 Å². The molecule has 0 aromatic heterocycles. The second-order valence-electron chi connectivity index (χ2n) is 4.55. The zero-order chi connectivity index (χ0) is 14.7. The third-order valence-electron chi connectivity index (χ3n) is 3.27. The highest BCUT2D eigenvalue weighted by molar-refractivity contribution is 7.92. The molecule has 5 nitrogen and oxygen atoms in total. The summed E-state index contributed by atoms with van der Waals surface area (Å²) in [6.07, 6.45) is 1.12. The van der Waals surface area contributed by atoms with Gasteiger partial charge in [-0.1, -0.05) is 6.92 Å². The summed E-state index contributed by atoms with van der Waals surface area (Å²) < 4.78 is 26.0. The molecule has 7 heteroatoms. The van der Waals surface area contributed by atoms with Crippen LogP contribution in [0.1, 0.15) is 24.9 Å². The molecule has 3 atom stereocenters. The van der Waals surface area contributed by atoms with Gasteiger partial charge in [0.1, 0.15) is 23.4 Å². The second kappa shape index (κ2) is 6.23. The molecule has 0 saturated carbocycles. The van der Waals surface area contributed by atoms with Crippen molar-refractivity contribution in [2.24, 2.45) is 0 Å². The Hall–Kier alpha value is -1.60. The van der Waals surface area contributed by atoms with Gasteiger partial charge in [0, 0.05) is 11.3 Å². The number of carbonyl (C=O) groups is 1. The van der Waals surface area contributed by atoms with Crippen molar-refractivity contribution in [3.05, 3.63) is 29.6 Å². The smallest absolute Gasteiger partial charge is 0.211 e. The Kier molecular flexibility index (Phi) is 4.61. The van der Waals surface area contributed by atoms with Crippen LogP contribution < -0.4 is 10.6 Å². The summed E-state index contributed by atoms with van der Waals surface area (Å²) in [7, 11) is 0. The van der Waals surface area contributed by atoms with Crippen LogP contribution in [0.15, 0.2) is 18.2 Å². The van der Waals surface area contributed by atoms with E-state index in [0.29, 0.717) is 24.1 Å². The largest absolute Gasteiger partial charge is 0.616 e. The summed E-state index contributed by atoms with van der Waals surface area (Å²) in [6, 6.07) is 3.69. The fraction of sp³-hybridized carbons (Fsp3) is 0.385. The van der Waals surface area contributed by atoms with Gasteiger partial charge in [-0.3, -0.25) is 10.2 Å². The Morgan fingerprint density at radius 2 is 2.40 bits per heavy atom. The van der Waals surface area contributed by atoms with E-state index in [1.807, 2.05) is 6.92 Å². The van der Waals surface area contributed by atoms with E-state index < -0.39 is 23.0 Å². The monoisotopic (exact) mass is 297 g/mol. The predicted molar refractivity (Wildman–Crippen MR) is 76.8 cm³/mol. The van der Waals surface area contributed by atoms with Crippen LogP contribution in [0, 0.1) is 11.2 Å². The summed E-state index contributed by atoms with van der Waals surface area (Å²) in [4.78, 5) is 10.4. The van der Waals surface area contributed by atoms with E-state index in [2.05, 4.69) is 10.6 Å². The number of rotatable bonds is 4. The number of hydrogen-bond donors (Lipinski definition) is 3. The molecular formula is C13H16FN3O2S. The predicted octanol–water partition coefficient (Wildman–Crippen LogP) is 1.54. The van der Waals surface area contributed by atoms with Crippen molar-refractivity contribution >= 4 is 29.1 Å². The lowest BCUT2D eigenvalue weighted by atomic mass is 10.1. The van der Waals surface area contributed by atoms with Crippen LogP contribution in [0.5, 0.6) is 0 Å². The molecule has 0 aliphatic carbocycles. The van der Waals surface area contributed by atoms with Gasteiger partial charge in [-0.15, -0.1) is 0 Å². The van der Waals surface area contributed by atoms with Gasteiger partial charge in [-0.05, 0) is 35.8 Å². The Labute approximate surface area is 119 Å². The van der Waals surface area contributed by atoms with E-state index in [0.717, 1.165) is 0 Å². The van der Waals surface area contributed by atoms with Crippen molar-refractivity contribution in [1.82, 2.24) is 5.32 Å². The van der Waals surface area contributed by atoms with Crippen molar-refractivity contribution in [2.45, 2.75) is 24.6 Å². The molecule has 0 bridgehead atoms. The fourth-order valence-corrected chi connectivity index (χ4v) is 3.79. The number of halogens is 1. The van der Waals surface area contributed by atoms with E-state index in [9.17, 15) is 13.7 Å². The quantitative estimate of drug-likeness (QED) is 0.582. The molecule has 1 aromatic carbocycles. The Morgan fingerprint density at radius 3 is 3.00 bits per heavy atom. The van der Waals surface area contributed by atoms with E-state index >= 15 is 0 Å². The van der Waals surface area contributed by atoms with E-state index in [4.69, 9.17) is 5.41 Å². The topological polar surface area (TPSA) is 88.0 Å². The first-order valence-electron chi connectivity index (χ1n) is 6.28. The van der Waals surface area contributed by atoms with E-state index in [1.165, 1.54) is 18.2 Å². The highest BCUT2D eigenvalue weighted by atomic mass is 32.2. The van der Waals surface area contributed by atoms with Crippen LogP contribution in [0.2, 0.25) is 0 Å². The number of hydrogen-bond acceptors (Lipinski definition) is 3. The minimum absolute atomic E-state index is 0.176. The lowest BCUT2D eigenvalue weighted by molar-refractivity contribution is -0.105. The molecular weight excluding hydrogens is 281 g/mol. The van der Waals surface area contributed by atoms with Crippen LogP contribution in [-0.4, -0.2) is 27.8 Å². The molecule has 1 aromatic rings. The highest BCUT2D eigenvalue weighted by Gasteiger charge is 2.36. The van der Waals surface area contributed by atoms with Gasteiger partial charge in [-0.25, -0.2) is 4.39 Å². The van der Waals surface area contributed by atoms with Crippen LogP contribution in [0.3, 0.4) is 0 Å². The molecule has 3 N–H and O–H groups in total. The van der Waals surface area contributed by atoms with Crippen LogP contribution in [0.25, 0.3) is 0 Å². The van der Waals surface area contributed by atoms with Gasteiger partial charge in [0.2, 0.25) is 6.41 Å². The summed E-state index contributed by atoms with van der Waals surface area (Å²) in [5.74, 6) is -0.0172. The normalized spacial score (nSPS) is 25.9. The number of amidine groups is 1. The molecule has 108 valence electrons. The molecule has 1 aliphatic rings. The van der Waals surface area contributed by atoms with Gasteiger partial charge in [-0.2, -0.15) is 0 Å². The SMILES string of the molecule is CCC1C(=N)NC(c2cc(NC=O)ccc2F)C[S+]1[O-]. The first-order chi connectivity index (χ1) is 9.56. The third kappa shape index (κ3) is 2.94. The number of benzene rings is 1. The molecule has 1 heterocycles. The van der Waals surface area contributed by atoms with Crippen molar-refractivity contribution in [3.63, 3.8) is 0 Å². The molecule has 2 rings (SSSR count). The minimum atomic E-state index is -1.20. The maximum Gasteiger partial charge on any atom is 0.211 e. The zero-order valence-corrected chi connectivity index (χ0v) is 11.8. The Bertz CT molecular complexity index is 526. The third-order valence-corrected chi connectivity index (χ3v) is 5.13. The van der Waals surface area contributed by atoms with Crippen molar-refractivity contribution in [3.8, 4) is 0 Å². The van der Waals surface area contributed by atoms with E-state index in [1.54, 1.807) is 0 Å². The van der Waals surface area contributed by atoms with Crippen LogP contribution in [-0.2, 0) is 16.0 Å². The van der Waals surface area contributed by atoms with Gasteiger partial charge >= 0.3 is 0 Å². The molecule has 1 aliphatic heterocycles. The summed E-state index contributed by atoms with van der Waals surface area (Å²) in [5.41, 5.74) is 0.776. The molecule has 1 amide bonds.